The van der Waals surface area contributed by atoms with Gasteiger partial charge in [0.05, 0.1) is 19.8 Å². The molecule has 0 amide bonds. The number of hydrogen-bond donors (Lipinski definition) is 7. The average Bonchev–Trinajstić information content (AvgIpc) is 3.31. The van der Waals surface area contributed by atoms with E-state index in [1.165, 1.54) is 122 Å². The zero-order chi connectivity index (χ0) is 48.2. The van der Waals surface area contributed by atoms with Gasteiger partial charge in [-0.15, -0.1) is 0 Å². The summed E-state index contributed by atoms with van der Waals surface area (Å²) in [6.45, 7) is 2.60. The molecule has 2 aliphatic heterocycles. The van der Waals surface area contributed by atoms with Gasteiger partial charge in [-0.25, -0.2) is 0 Å². The van der Waals surface area contributed by atoms with Gasteiger partial charge in [0.15, 0.2) is 18.7 Å². The lowest BCUT2D eigenvalue weighted by Crippen LogP contribution is -2.61. The lowest BCUT2D eigenvalue weighted by molar-refractivity contribution is -0.332. The van der Waals surface area contributed by atoms with Gasteiger partial charge in [-0.3, -0.25) is 9.59 Å². The van der Waals surface area contributed by atoms with Gasteiger partial charge in [0.25, 0.3) is 0 Å². The van der Waals surface area contributed by atoms with E-state index >= 15 is 0 Å². The number of rotatable bonds is 41. The molecule has 2 rings (SSSR count). The molecule has 15 nitrogen and oxygen atoms in total. The second-order valence-corrected chi connectivity index (χ2v) is 18.7. The minimum atomic E-state index is -1.76. The second kappa shape index (κ2) is 39.0. The maximum Gasteiger partial charge on any atom is 0.306 e. The third-order valence-corrected chi connectivity index (χ3v) is 12.7. The van der Waals surface area contributed by atoms with Crippen molar-refractivity contribution in [2.75, 3.05) is 26.4 Å². The summed E-state index contributed by atoms with van der Waals surface area (Å²) in [5, 5.41) is 72.1. The fourth-order valence-corrected chi connectivity index (χ4v) is 8.39. The van der Waals surface area contributed by atoms with E-state index in [9.17, 15) is 45.3 Å². The molecular weight excluding hydrogens is 853 g/mol. The van der Waals surface area contributed by atoms with E-state index in [1.807, 2.05) is 0 Å². The molecule has 2 heterocycles. The van der Waals surface area contributed by atoms with Crippen molar-refractivity contribution in [3.63, 3.8) is 0 Å². The quantitative estimate of drug-likeness (QED) is 0.0180. The van der Waals surface area contributed by atoms with Crippen LogP contribution in [0.2, 0.25) is 0 Å². The van der Waals surface area contributed by atoms with E-state index < -0.39 is 92.7 Å². The summed E-state index contributed by atoms with van der Waals surface area (Å²) >= 11 is 0. The zero-order valence-corrected chi connectivity index (χ0v) is 40.9. The van der Waals surface area contributed by atoms with Crippen molar-refractivity contribution >= 4 is 11.9 Å². The molecule has 4 unspecified atom stereocenters. The number of aliphatic hydroxyl groups excluding tert-OH is 7. The van der Waals surface area contributed by atoms with Crippen molar-refractivity contribution in [3.8, 4) is 0 Å². The van der Waals surface area contributed by atoms with Gasteiger partial charge in [-0.2, -0.15) is 0 Å². The lowest BCUT2D eigenvalue weighted by Gasteiger charge is -2.42. The van der Waals surface area contributed by atoms with Crippen molar-refractivity contribution in [1.82, 2.24) is 0 Å². The molecule has 11 atom stereocenters. The van der Waals surface area contributed by atoms with Crippen LogP contribution in [0, 0.1) is 0 Å². The third kappa shape index (κ3) is 26.8. The Morgan fingerprint density at radius 3 is 1.35 bits per heavy atom. The van der Waals surface area contributed by atoms with Crippen molar-refractivity contribution in [1.29, 1.82) is 0 Å². The Hall–Kier alpha value is -1.76. The topological polar surface area (TPSA) is 231 Å². The van der Waals surface area contributed by atoms with Gasteiger partial charge >= 0.3 is 11.9 Å². The highest BCUT2D eigenvalue weighted by Gasteiger charge is 2.47. The summed E-state index contributed by atoms with van der Waals surface area (Å²) in [6.07, 6.45) is 21.0. The molecule has 388 valence electrons. The molecule has 0 saturated carbocycles. The van der Waals surface area contributed by atoms with Crippen LogP contribution in [0.4, 0.5) is 0 Å². The maximum atomic E-state index is 13.0. The second-order valence-electron chi connectivity index (χ2n) is 18.7. The predicted molar refractivity (Wildman–Crippen MR) is 252 cm³/mol. The largest absolute Gasteiger partial charge is 0.462 e. The SMILES string of the molecule is CCCCCCCCCC/C=C/CCCCCC(=O)O[C@H](COC(=O)CCCCCCCCCCCCCCCCC)CO[C@@H]1O[C@H](CO[C@@H]2O[C@H](CO)[C@H](O)C(O)C2O)[C@H](O)C(O)C1O. The van der Waals surface area contributed by atoms with Crippen molar-refractivity contribution < 1.29 is 73.8 Å². The van der Waals surface area contributed by atoms with Crippen LogP contribution < -0.4 is 0 Å². The number of unbranched alkanes of at least 4 members (excludes halogenated alkanes) is 25. The molecule has 0 radical (unpaired) electrons. The summed E-state index contributed by atoms with van der Waals surface area (Å²) in [5.41, 5.74) is 0. The van der Waals surface area contributed by atoms with Crippen LogP contribution in [-0.4, -0.2) is 142 Å². The van der Waals surface area contributed by atoms with E-state index in [4.69, 9.17) is 28.4 Å². The summed E-state index contributed by atoms with van der Waals surface area (Å²) in [7, 11) is 0. The normalized spacial score (nSPS) is 26.2. The zero-order valence-electron chi connectivity index (χ0n) is 40.9. The molecule has 0 bridgehead atoms. The Labute approximate surface area is 397 Å². The Kier molecular flexibility index (Phi) is 35.7. The predicted octanol–water partition coefficient (Wildman–Crippen LogP) is 7.38. The molecule has 0 aliphatic carbocycles. The van der Waals surface area contributed by atoms with Crippen molar-refractivity contribution in [2.24, 2.45) is 0 Å². The van der Waals surface area contributed by atoms with E-state index in [-0.39, 0.29) is 26.1 Å². The van der Waals surface area contributed by atoms with Crippen molar-refractivity contribution in [2.45, 2.75) is 274 Å². The van der Waals surface area contributed by atoms with Gasteiger partial charge in [0, 0.05) is 12.8 Å². The highest BCUT2D eigenvalue weighted by molar-refractivity contribution is 5.70. The number of aliphatic hydroxyl groups is 7. The van der Waals surface area contributed by atoms with Crippen molar-refractivity contribution in [3.05, 3.63) is 12.2 Å². The first-order chi connectivity index (χ1) is 32.0. The molecular formula is C51H94O15. The molecule has 15 heteroatoms. The smallest absolute Gasteiger partial charge is 0.306 e. The molecule has 2 saturated heterocycles. The molecule has 0 aromatic carbocycles. The number of esters is 2. The van der Waals surface area contributed by atoms with Gasteiger partial charge < -0.3 is 64.2 Å². The molecule has 2 aliphatic rings. The van der Waals surface area contributed by atoms with Crippen LogP contribution in [0.25, 0.3) is 0 Å². The lowest BCUT2D eigenvalue weighted by atomic mass is 9.98. The standard InChI is InChI=1S/C51H94O15/c1-3-5-7-9-11-13-15-17-19-21-23-25-27-29-31-33-42(53)61-36-39(64-43(54)34-32-30-28-26-24-22-20-18-16-14-12-10-8-6-4-2)37-62-50-49(60)47(58)45(56)41(66-50)38-63-51-48(59)46(57)44(55)40(35-52)65-51/h22,24,39-41,44-52,55-60H,3-21,23,25-38H2,1-2H3/b24-22+/t39-,40-,41-,44+,45+,46?,47?,48?,49?,50-,51-/m1/s1. The van der Waals surface area contributed by atoms with E-state index in [0.29, 0.717) is 12.8 Å². The molecule has 0 aromatic rings. The summed E-state index contributed by atoms with van der Waals surface area (Å²) < 4.78 is 33.6. The van der Waals surface area contributed by atoms with Gasteiger partial charge in [-0.05, 0) is 38.5 Å². The highest BCUT2D eigenvalue weighted by atomic mass is 16.7. The molecule has 2 fully saturated rings. The van der Waals surface area contributed by atoms with Gasteiger partial charge in [-0.1, -0.05) is 167 Å². The van der Waals surface area contributed by atoms with Gasteiger partial charge in [0.2, 0.25) is 0 Å². The number of carbonyl (C=O) groups is 2. The van der Waals surface area contributed by atoms with Crippen LogP contribution in [-0.2, 0) is 38.0 Å². The maximum absolute atomic E-state index is 13.0. The van der Waals surface area contributed by atoms with E-state index in [1.54, 1.807) is 0 Å². The average molecular weight is 947 g/mol. The monoisotopic (exact) mass is 947 g/mol. The Morgan fingerprint density at radius 1 is 0.470 bits per heavy atom. The molecule has 0 spiro atoms. The minimum absolute atomic E-state index is 0.149. The number of carbonyl (C=O) groups excluding carboxylic acids is 2. The van der Waals surface area contributed by atoms with Crippen LogP contribution in [0.15, 0.2) is 12.2 Å². The van der Waals surface area contributed by atoms with Crippen LogP contribution in [0.1, 0.15) is 206 Å². The Bertz CT molecular complexity index is 1210. The number of allylic oxidation sites excluding steroid dienone is 2. The Balaban J connectivity index is 1.81. The number of ether oxygens (including phenoxy) is 6. The van der Waals surface area contributed by atoms with Crippen LogP contribution in [0.3, 0.4) is 0 Å². The molecule has 66 heavy (non-hydrogen) atoms. The van der Waals surface area contributed by atoms with Crippen LogP contribution >= 0.6 is 0 Å². The molecule has 7 N–H and O–H groups in total. The Morgan fingerprint density at radius 2 is 0.864 bits per heavy atom. The summed E-state index contributed by atoms with van der Waals surface area (Å²) in [4.78, 5) is 25.7. The summed E-state index contributed by atoms with van der Waals surface area (Å²) in [5.74, 6) is -0.933. The fourth-order valence-electron chi connectivity index (χ4n) is 8.39. The highest BCUT2D eigenvalue weighted by Crippen LogP contribution is 2.26. The first-order valence-corrected chi connectivity index (χ1v) is 26.3. The van der Waals surface area contributed by atoms with E-state index in [0.717, 1.165) is 44.9 Å². The van der Waals surface area contributed by atoms with E-state index in [2.05, 4.69) is 26.0 Å². The fraction of sp³-hybridized carbons (Fsp3) is 0.922. The number of hydrogen-bond acceptors (Lipinski definition) is 15. The molecule has 0 aromatic heterocycles. The third-order valence-electron chi connectivity index (χ3n) is 12.7. The van der Waals surface area contributed by atoms with Crippen LogP contribution in [0.5, 0.6) is 0 Å². The first kappa shape index (κ1) is 60.4. The first-order valence-electron chi connectivity index (χ1n) is 26.3. The van der Waals surface area contributed by atoms with Gasteiger partial charge in [0.1, 0.15) is 55.4 Å². The summed E-state index contributed by atoms with van der Waals surface area (Å²) in [6, 6.07) is 0. The minimum Gasteiger partial charge on any atom is -0.462 e.